The van der Waals surface area contributed by atoms with E-state index < -0.39 is 14.4 Å². The van der Waals surface area contributed by atoms with Crippen LogP contribution in [-0.4, -0.2) is 14.4 Å². The summed E-state index contributed by atoms with van der Waals surface area (Å²) in [6.45, 7) is 6.18. The molecule has 0 fully saturated rings. The summed E-state index contributed by atoms with van der Waals surface area (Å²) in [5.41, 5.74) is 0. The third-order valence-electron chi connectivity index (χ3n) is 1.97. The van der Waals surface area contributed by atoms with E-state index in [2.05, 4.69) is 40.3 Å². The van der Waals surface area contributed by atoms with Gasteiger partial charge in [-0.2, -0.15) is 0 Å². The van der Waals surface area contributed by atoms with Gasteiger partial charge in [0.25, 0.3) is 0 Å². The molecule has 1 aromatic rings. The second-order valence-corrected chi connectivity index (χ2v) is 10.5. The van der Waals surface area contributed by atoms with Crippen molar-refractivity contribution in [2.75, 3.05) is 0 Å². The lowest BCUT2D eigenvalue weighted by Crippen LogP contribution is -2.37. The van der Waals surface area contributed by atoms with E-state index in [1.54, 1.807) is 0 Å². The lowest BCUT2D eigenvalue weighted by atomic mass is 10.3. The molecule has 1 rings (SSSR count). The lowest BCUT2D eigenvalue weighted by molar-refractivity contribution is -0.274. The maximum atomic E-state index is 12.1. The summed E-state index contributed by atoms with van der Waals surface area (Å²) >= 11 is 3.19. The molecule has 0 aromatic heterocycles. The Kier molecular flexibility index (Phi) is 3.74. The van der Waals surface area contributed by atoms with Gasteiger partial charge in [0.05, 0.1) is 8.07 Å². The molecule has 0 aliphatic carbocycles. The molecule has 90 valence electrons. The molecule has 0 amide bonds. The smallest absolute Gasteiger partial charge is 0.406 e. The number of ether oxygens (including phenoxy) is 1. The first-order valence-corrected chi connectivity index (χ1v) is 8.94. The van der Waals surface area contributed by atoms with Crippen LogP contribution in [-0.2, 0) is 0 Å². The maximum Gasteiger partial charge on any atom is 0.573 e. The summed E-state index contributed by atoms with van der Waals surface area (Å²) in [5.74, 6) is -0.167. The molecule has 0 bridgehead atoms. The number of alkyl halides is 3. The Morgan fingerprint density at radius 3 is 2.12 bits per heavy atom. The highest BCUT2D eigenvalue weighted by Gasteiger charge is 2.31. The zero-order valence-corrected chi connectivity index (χ0v) is 11.7. The van der Waals surface area contributed by atoms with Crippen LogP contribution in [0.4, 0.5) is 13.2 Å². The van der Waals surface area contributed by atoms with Crippen molar-refractivity contribution in [1.82, 2.24) is 0 Å². The van der Waals surface area contributed by atoms with E-state index in [0.29, 0.717) is 4.47 Å². The Morgan fingerprint density at radius 1 is 1.12 bits per heavy atom. The monoisotopic (exact) mass is 312 g/mol. The molecular weight excluding hydrogens is 301 g/mol. The van der Waals surface area contributed by atoms with Gasteiger partial charge in [0.1, 0.15) is 5.75 Å². The van der Waals surface area contributed by atoms with Crippen molar-refractivity contribution < 1.29 is 17.9 Å². The fourth-order valence-electron chi connectivity index (χ4n) is 1.19. The molecule has 0 aliphatic rings. The van der Waals surface area contributed by atoms with E-state index in [9.17, 15) is 13.2 Å². The Hall–Kier alpha value is -0.493. The van der Waals surface area contributed by atoms with Gasteiger partial charge < -0.3 is 4.74 Å². The molecule has 0 unspecified atom stereocenters. The first-order valence-electron chi connectivity index (χ1n) is 4.65. The van der Waals surface area contributed by atoms with E-state index in [1.165, 1.54) is 12.1 Å². The van der Waals surface area contributed by atoms with Gasteiger partial charge in [0, 0.05) is 4.47 Å². The van der Waals surface area contributed by atoms with Crippen LogP contribution < -0.4 is 9.92 Å². The highest BCUT2D eigenvalue weighted by atomic mass is 79.9. The average molecular weight is 313 g/mol. The molecule has 0 spiro atoms. The van der Waals surface area contributed by atoms with Gasteiger partial charge in [-0.25, -0.2) is 0 Å². The minimum Gasteiger partial charge on any atom is -0.406 e. The Morgan fingerprint density at radius 2 is 1.69 bits per heavy atom. The summed E-state index contributed by atoms with van der Waals surface area (Å²) in [5, 5.41) is 0.918. The van der Waals surface area contributed by atoms with Crippen LogP contribution in [0.2, 0.25) is 19.6 Å². The molecule has 16 heavy (non-hydrogen) atoms. The van der Waals surface area contributed by atoms with Gasteiger partial charge in [0.15, 0.2) is 0 Å². The van der Waals surface area contributed by atoms with Gasteiger partial charge in [-0.1, -0.05) is 40.8 Å². The van der Waals surface area contributed by atoms with Gasteiger partial charge in [-0.3, -0.25) is 0 Å². The number of hydrogen-bond acceptors (Lipinski definition) is 1. The van der Waals surface area contributed by atoms with Gasteiger partial charge >= 0.3 is 6.36 Å². The minimum absolute atomic E-state index is 0.167. The second-order valence-electron chi connectivity index (χ2n) is 4.47. The highest BCUT2D eigenvalue weighted by Crippen LogP contribution is 2.25. The molecule has 0 radical (unpaired) electrons. The Balaban J connectivity index is 3.09. The molecule has 0 saturated carbocycles. The Labute approximate surface area is 102 Å². The molecule has 0 heterocycles. The molecular formula is C10H12BrF3OSi. The van der Waals surface area contributed by atoms with Gasteiger partial charge in [-0.05, 0) is 18.2 Å². The van der Waals surface area contributed by atoms with Crippen molar-refractivity contribution in [1.29, 1.82) is 0 Å². The molecule has 1 nitrogen and oxygen atoms in total. The molecule has 0 aliphatic heterocycles. The first kappa shape index (κ1) is 13.6. The van der Waals surface area contributed by atoms with Crippen molar-refractivity contribution in [3.05, 3.63) is 22.7 Å². The van der Waals surface area contributed by atoms with Crippen LogP contribution in [0.1, 0.15) is 0 Å². The summed E-state index contributed by atoms with van der Waals surface area (Å²) in [6.07, 6.45) is -4.64. The SMILES string of the molecule is C[Si](C)(C)c1cc(Br)cc(OC(F)(F)F)c1. The predicted molar refractivity (Wildman–Crippen MR) is 63.8 cm³/mol. The fourth-order valence-corrected chi connectivity index (χ4v) is 3.04. The largest absolute Gasteiger partial charge is 0.573 e. The van der Waals surface area contributed by atoms with Crippen LogP contribution in [0, 0.1) is 0 Å². The zero-order valence-electron chi connectivity index (χ0n) is 9.15. The zero-order chi connectivity index (χ0) is 12.6. The van der Waals surface area contributed by atoms with Crippen molar-refractivity contribution in [2.24, 2.45) is 0 Å². The van der Waals surface area contributed by atoms with Crippen molar-refractivity contribution >= 4 is 29.2 Å². The van der Waals surface area contributed by atoms with Crippen molar-refractivity contribution in [3.63, 3.8) is 0 Å². The standard InChI is InChI=1S/C10H12BrF3OSi/c1-16(2,3)9-5-7(11)4-8(6-9)15-10(12,13)14/h4-6H,1-3H3. The topological polar surface area (TPSA) is 9.23 Å². The van der Waals surface area contributed by atoms with Crippen LogP contribution in [0.15, 0.2) is 22.7 Å². The van der Waals surface area contributed by atoms with E-state index >= 15 is 0 Å². The molecule has 0 saturated heterocycles. The van der Waals surface area contributed by atoms with E-state index in [-0.39, 0.29) is 5.75 Å². The number of hydrogen-bond donors (Lipinski definition) is 0. The number of rotatable bonds is 2. The quantitative estimate of drug-likeness (QED) is 0.753. The normalized spacial score (nSPS) is 12.7. The van der Waals surface area contributed by atoms with Gasteiger partial charge in [0.2, 0.25) is 0 Å². The predicted octanol–water partition coefficient (Wildman–Crippen LogP) is 3.89. The Bertz CT molecular complexity index is 385. The maximum absolute atomic E-state index is 12.1. The number of benzene rings is 1. The minimum atomic E-state index is -4.64. The summed E-state index contributed by atoms with van der Waals surface area (Å²) in [7, 11) is -1.65. The average Bonchev–Trinajstić information content (AvgIpc) is 1.97. The fraction of sp³-hybridized carbons (Fsp3) is 0.400. The molecule has 6 heteroatoms. The first-order chi connectivity index (χ1) is 7.08. The highest BCUT2D eigenvalue weighted by molar-refractivity contribution is 9.10. The van der Waals surface area contributed by atoms with Gasteiger partial charge in [-0.15, -0.1) is 13.2 Å². The summed E-state index contributed by atoms with van der Waals surface area (Å²) < 4.78 is 40.7. The van der Waals surface area contributed by atoms with E-state index in [0.717, 1.165) is 5.19 Å². The van der Waals surface area contributed by atoms with E-state index in [1.807, 2.05) is 6.07 Å². The van der Waals surface area contributed by atoms with Crippen LogP contribution in [0.25, 0.3) is 0 Å². The number of halogens is 4. The molecule has 0 atom stereocenters. The summed E-state index contributed by atoms with van der Waals surface area (Å²) in [4.78, 5) is 0. The second kappa shape index (κ2) is 4.41. The summed E-state index contributed by atoms with van der Waals surface area (Å²) in [6, 6.07) is 4.62. The van der Waals surface area contributed by atoms with Crippen LogP contribution in [0.5, 0.6) is 5.75 Å². The third-order valence-corrected chi connectivity index (χ3v) is 4.45. The van der Waals surface area contributed by atoms with Crippen molar-refractivity contribution in [3.8, 4) is 5.75 Å². The van der Waals surface area contributed by atoms with Crippen LogP contribution >= 0.6 is 15.9 Å². The van der Waals surface area contributed by atoms with E-state index in [4.69, 9.17) is 0 Å². The van der Waals surface area contributed by atoms with Crippen LogP contribution in [0.3, 0.4) is 0 Å². The third kappa shape index (κ3) is 4.17. The van der Waals surface area contributed by atoms with Crippen molar-refractivity contribution in [2.45, 2.75) is 26.0 Å². The molecule has 1 aromatic carbocycles. The lowest BCUT2D eigenvalue weighted by Gasteiger charge is -2.18. The molecule has 0 N–H and O–H groups in total.